The molecule has 0 saturated heterocycles. The number of hydrogen-bond donors (Lipinski definition) is 4. The molecule has 32 heavy (non-hydrogen) atoms. The van der Waals surface area contributed by atoms with Crippen molar-refractivity contribution < 1.29 is 4.79 Å². The standard InChI is InChI=1S/C24H29ClN6O/c25-20-13-28-24(31-22(20)19-12-27-21-7-2-1-6-18(19)21)30-17-5-3-4-16(11-17)29-23(32)14-8-9-15(26)10-14/h1-2,6-7,12-17,27H,3-5,8-11,26H2,(H,29,32)(H,28,30,31)/t14?,15-,16+,17-/m1/s1. The number of anilines is 1. The predicted octanol–water partition coefficient (Wildman–Crippen LogP) is 4.25. The second kappa shape index (κ2) is 9.08. The molecule has 2 saturated carbocycles. The van der Waals surface area contributed by atoms with Gasteiger partial charge in [0.05, 0.1) is 16.9 Å². The maximum atomic E-state index is 12.6. The van der Waals surface area contributed by atoms with Crippen molar-refractivity contribution in [2.24, 2.45) is 11.7 Å². The average Bonchev–Trinajstić information content (AvgIpc) is 3.42. The third-order valence-corrected chi connectivity index (χ3v) is 7.06. The van der Waals surface area contributed by atoms with Gasteiger partial charge >= 0.3 is 0 Å². The van der Waals surface area contributed by atoms with E-state index in [0.717, 1.165) is 61.4 Å². The molecule has 2 aromatic heterocycles. The summed E-state index contributed by atoms with van der Waals surface area (Å²) in [4.78, 5) is 25.0. The molecule has 2 fully saturated rings. The molecule has 8 heteroatoms. The normalized spacial score (nSPS) is 25.7. The Balaban J connectivity index is 1.27. The van der Waals surface area contributed by atoms with E-state index in [-0.39, 0.29) is 30.0 Å². The van der Waals surface area contributed by atoms with Gasteiger partial charge in [0.25, 0.3) is 0 Å². The Labute approximate surface area is 192 Å². The zero-order valence-corrected chi connectivity index (χ0v) is 18.7. The van der Waals surface area contributed by atoms with Crippen molar-refractivity contribution in [1.82, 2.24) is 20.3 Å². The highest BCUT2D eigenvalue weighted by molar-refractivity contribution is 6.33. The Hall–Kier alpha value is -2.64. The van der Waals surface area contributed by atoms with Crippen LogP contribution in [0.2, 0.25) is 5.02 Å². The van der Waals surface area contributed by atoms with Gasteiger partial charge in [-0.2, -0.15) is 0 Å². The number of nitrogens with zero attached hydrogens (tertiary/aromatic N) is 2. The number of fused-ring (bicyclic) bond motifs is 1. The van der Waals surface area contributed by atoms with Gasteiger partial charge in [-0.05, 0) is 51.0 Å². The van der Waals surface area contributed by atoms with Gasteiger partial charge in [-0.15, -0.1) is 0 Å². The number of aromatic amines is 1. The second-order valence-electron chi connectivity index (χ2n) is 9.12. The highest BCUT2D eigenvalue weighted by atomic mass is 35.5. The van der Waals surface area contributed by atoms with Crippen molar-refractivity contribution in [3.05, 3.63) is 41.7 Å². The molecule has 0 aliphatic heterocycles. The van der Waals surface area contributed by atoms with Crippen molar-refractivity contribution in [3.8, 4) is 11.3 Å². The van der Waals surface area contributed by atoms with E-state index in [1.807, 2.05) is 24.4 Å². The zero-order chi connectivity index (χ0) is 22.1. The van der Waals surface area contributed by atoms with Crippen LogP contribution >= 0.6 is 11.6 Å². The van der Waals surface area contributed by atoms with Crippen molar-refractivity contribution in [2.45, 2.75) is 63.1 Å². The summed E-state index contributed by atoms with van der Waals surface area (Å²) in [7, 11) is 0. The first-order valence-corrected chi connectivity index (χ1v) is 11.9. The highest BCUT2D eigenvalue weighted by Crippen LogP contribution is 2.33. The first kappa shape index (κ1) is 21.2. The molecule has 2 aliphatic carbocycles. The first-order valence-electron chi connectivity index (χ1n) is 11.5. The fourth-order valence-corrected chi connectivity index (χ4v) is 5.29. The van der Waals surface area contributed by atoms with E-state index in [1.165, 1.54) is 0 Å². The van der Waals surface area contributed by atoms with Crippen molar-refractivity contribution in [1.29, 1.82) is 0 Å². The average molecular weight is 453 g/mol. The van der Waals surface area contributed by atoms with Gasteiger partial charge in [-0.25, -0.2) is 9.97 Å². The predicted molar refractivity (Wildman–Crippen MR) is 127 cm³/mol. The number of hydrogen-bond acceptors (Lipinski definition) is 5. The summed E-state index contributed by atoms with van der Waals surface area (Å²) in [6.07, 6.45) is 10.2. The maximum absolute atomic E-state index is 12.6. The molecule has 3 aromatic rings. The Morgan fingerprint density at radius 3 is 2.81 bits per heavy atom. The lowest BCUT2D eigenvalue weighted by molar-refractivity contribution is -0.125. The first-order chi connectivity index (χ1) is 15.6. The van der Waals surface area contributed by atoms with Gasteiger partial charge in [0, 0.05) is 46.7 Å². The van der Waals surface area contributed by atoms with E-state index in [2.05, 4.69) is 26.7 Å². The molecular weight excluding hydrogens is 424 g/mol. The molecule has 5 N–H and O–H groups in total. The number of nitrogens with two attached hydrogens (primary N) is 1. The number of carbonyl (C=O) groups is 1. The van der Waals surface area contributed by atoms with Crippen LogP contribution in [0.5, 0.6) is 0 Å². The minimum atomic E-state index is 0.0664. The Kier molecular flexibility index (Phi) is 6.02. The zero-order valence-electron chi connectivity index (χ0n) is 18.0. The van der Waals surface area contributed by atoms with E-state index in [4.69, 9.17) is 22.3 Å². The SMILES string of the molecule is N[C@@H]1CCC(C(=O)N[C@H]2CCC[C@@H](Nc3ncc(Cl)c(-c4c[nH]c5ccccc45)n3)C2)C1. The summed E-state index contributed by atoms with van der Waals surface area (Å²) in [5.74, 6) is 0.790. The number of nitrogens with one attached hydrogen (secondary N) is 3. The van der Waals surface area contributed by atoms with Crippen LogP contribution in [0.1, 0.15) is 44.9 Å². The van der Waals surface area contributed by atoms with Gasteiger partial charge in [-0.1, -0.05) is 29.8 Å². The van der Waals surface area contributed by atoms with Crippen LogP contribution < -0.4 is 16.4 Å². The Morgan fingerprint density at radius 1 is 1.12 bits per heavy atom. The number of rotatable bonds is 5. The van der Waals surface area contributed by atoms with Crippen molar-refractivity contribution in [2.75, 3.05) is 5.32 Å². The maximum Gasteiger partial charge on any atom is 0.223 e. The molecule has 2 heterocycles. The highest BCUT2D eigenvalue weighted by Gasteiger charge is 2.31. The number of aromatic nitrogens is 3. The quantitative estimate of drug-likeness (QED) is 0.462. The van der Waals surface area contributed by atoms with E-state index in [9.17, 15) is 4.79 Å². The molecule has 1 amide bonds. The number of halogens is 1. The molecule has 2 aliphatic rings. The second-order valence-corrected chi connectivity index (χ2v) is 9.53. The molecule has 1 unspecified atom stereocenters. The number of para-hydroxylation sites is 1. The molecule has 4 atom stereocenters. The molecule has 7 nitrogen and oxygen atoms in total. The van der Waals surface area contributed by atoms with Crippen LogP contribution in [-0.2, 0) is 4.79 Å². The summed E-state index contributed by atoms with van der Waals surface area (Å²) in [6.45, 7) is 0. The Bertz CT molecular complexity index is 1110. The van der Waals surface area contributed by atoms with Gasteiger partial charge < -0.3 is 21.4 Å². The molecule has 0 radical (unpaired) electrons. The monoisotopic (exact) mass is 452 g/mol. The number of benzene rings is 1. The minimum Gasteiger partial charge on any atom is -0.360 e. The third kappa shape index (κ3) is 4.45. The summed E-state index contributed by atoms with van der Waals surface area (Å²) >= 11 is 6.46. The van der Waals surface area contributed by atoms with Crippen LogP contribution in [0.25, 0.3) is 22.2 Å². The summed E-state index contributed by atoms with van der Waals surface area (Å²) in [5.41, 5.74) is 8.69. The van der Waals surface area contributed by atoms with Crippen LogP contribution in [0, 0.1) is 5.92 Å². The van der Waals surface area contributed by atoms with Crippen molar-refractivity contribution in [3.63, 3.8) is 0 Å². The molecule has 1 aromatic carbocycles. The summed E-state index contributed by atoms with van der Waals surface area (Å²) < 4.78 is 0. The van der Waals surface area contributed by atoms with Crippen LogP contribution in [0.3, 0.4) is 0 Å². The largest absolute Gasteiger partial charge is 0.360 e. The molecular formula is C24H29ClN6O. The smallest absolute Gasteiger partial charge is 0.223 e. The lowest BCUT2D eigenvalue weighted by atomic mass is 9.90. The van der Waals surface area contributed by atoms with Gasteiger partial charge in [0.2, 0.25) is 11.9 Å². The topological polar surface area (TPSA) is 109 Å². The van der Waals surface area contributed by atoms with Gasteiger partial charge in [-0.3, -0.25) is 4.79 Å². The molecule has 0 spiro atoms. The minimum absolute atomic E-state index is 0.0664. The fraction of sp³-hybridized carbons (Fsp3) is 0.458. The van der Waals surface area contributed by atoms with Crippen LogP contribution in [-0.4, -0.2) is 39.0 Å². The van der Waals surface area contributed by atoms with E-state index >= 15 is 0 Å². The van der Waals surface area contributed by atoms with Crippen LogP contribution in [0.15, 0.2) is 36.7 Å². The fourth-order valence-electron chi connectivity index (χ4n) is 5.10. The van der Waals surface area contributed by atoms with E-state index in [0.29, 0.717) is 16.7 Å². The van der Waals surface area contributed by atoms with Crippen LogP contribution in [0.4, 0.5) is 5.95 Å². The summed E-state index contributed by atoms with van der Waals surface area (Å²) in [6, 6.07) is 8.63. The van der Waals surface area contributed by atoms with Gasteiger partial charge in [0.1, 0.15) is 0 Å². The molecule has 5 rings (SSSR count). The number of carbonyl (C=O) groups excluding carboxylic acids is 1. The van der Waals surface area contributed by atoms with E-state index < -0.39 is 0 Å². The lowest BCUT2D eigenvalue weighted by Crippen LogP contribution is -2.44. The number of H-pyrrole nitrogens is 1. The Morgan fingerprint density at radius 2 is 1.97 bits per heavy atom. The number of amides is 1. The van der Waals surface area contributed by atoms with Gasteiger partial charge in [0.15, 0.2) is 0 Å². The molecule has 0 bridgehead atoms. The lowest BCUT2D eigenvalue weighted by Gasteiger charge is -2.31. The third-order valence-electron chi connectivity index (χ3n) is 6.79. The summed E-state index contributed by atoms with van der Waals surface area (Å²) in [5, 5.41) is 8.33. The van der Waals surface area contributed by atoms with Crippen molar-refractivity contribution >= 4 is 34.4 Å². The van der Waals surface area contributed by atoms with E-state index in [1.54, 1.807) is 6.20 Å². The molecule has 168 valence electrons.